The third kappa shape index (κ3) is 2.69. The van der Waals surface area contributed by atoms with Crippen LogP contribution in [0.15, 0.2) is 0 Å². The summed E-state index contributed by atoms with van der Waals surface area (Å²) in [6.07, 6.45) is 6.22. The lowest BCUT2D eigenvalue weighted by Crippen LogP contribution is -2.52. The van der Waals surface area contributed by atoms with E-state index in [1.807, 2.05) is 0 Å². The van der Waals surface area contributed by atoms with Crippen molar-refractivity contribution in [2.45, 2.75) is 51.0 Å². The Bertz CT molecular complexity index is 290. The summed E-state index contributed by atoms with van der Waals surface area (Å²) in [6, 6.07) is 0. The molecule has 1 N–H and O–H groups in total. The van der Waals surface area contributed by atoms with Gasteiger partial charge in [0.2, 0.25) is 0 Å². The van der Waals surface area contributed by atoms with Crippen LogP contribution >= 0.6 is 0 Å². The van der Waals surface area contributed by atoms with Crippen molar-refractivity contribution in [3.05, 3.63) is 0 Å². The number of carboxylic acid groups (broad SMARTS) is 1. The highest BCUT2D eigenvalue weighted by molar-refractivity contribution is 5.79. The fraction of sp³-hybridized carbons (Fsp3) is 0.929. The maximum atomic E-state index is 11.7. The molecule has 1 atom stereocenters. The number of hydrogen-bond acceptors (Lipinski definition) is 3. The second-order valence-corrected chi connectivity index (χ2v) is 5.73. The molecule has 2 aliphatic heterocycles. The van der Waals surface area contributed by atoms with Crippen molar-refractivity contribution in [3.63, 3.8) is 0 Å². The zero-order chi connectivity index (χ0) is 13.0. The van der Waals surface area contributed by atoms with E-state index in [0.29, 0.717) is 0 Å². The van der Waals surface area contributed by atoms with Crippen LogP contribution in [0.2, 0.25) is 0 Å². The van der Waals surface area contributed by atoms with E-state index in [4.69, 9.17) is 0 Å². The summed E-state index contributed by atoms with van der Waals surface area (Å²) in [4.78, 5) is 16.4. The molecule has 2 aliphatic rings. The number of likely N-dealkylation sites (tertiary alicyclic amines) is 2. The highest BCUT2D eigenvalue weighted by atomic mass is 16.4. The topological polar surface area (TPSA) is 43.8 Å². The molecule has 2 rings (SSSR count). The Balaban J connectivity index is 1.93. The van der Waals surface area contributed by atoms with Gasteiger partial charge in [0.05, 0.1) is 0 Å². The molecule has 2 heterocycles. The minimum atomic E-state index is -0.608. The Morgan fingerprint density at radius 1 is 1.17 bits per heavy atom. The first-order chi connectivity index (χ1) is 8.69. The summed E-state index contributed by atoms with van der Waals surface area (Å²) >= 11 is 0. The predicted octanol–water partition coefficient (Wildman–Crippen LogP) is 1.80. The lowest BCUT2D eigenvalue weighted by Gasteiger charge is -2.35. The quantitative estimate of drug-likeness (QED) is 0.785. The van der Waals surface area contributed by atoms with Gasteiger partial charge in [-0.3, -0.25) is 9.69 Å². The molecule has 18 heavy (non-hydrogen) atoms. The standard InChI is InChI=1S/C14H26N2O2/c1-2-6-14(13(17)18)7-5-10-16(14)12-11-15-8-3-4-9-15/h2-12H2,1H3,(H,17,18). The average Bonchev–Trinajstić information content (AvgIpc) is 2.96. The van der Waals surface area contributed by atoms with Crippen molar-refractivity contribution in [1.29, 1.82) is 0 Å². The SMILES string of the molecule is CCCC1(C(=O)O)CCCN1CCN1CCCC1. The van der Waals surface area contributed by atoms with Gasteiger partial charge in [-0.25, -0.2) is 0 Å². The molecule has 2 saturated heterocycles. The monoisotopic (exact) mass is 254 g/mol. The molecule has 4 heteroatoms. The van der Waals surface area contributed by atoms with Crippen molar-refractivity contribution in [2.75, 3.05) is 32.7 Å². The molecule has 0 saturated carbocycles. The Morgan fingerprint density at radius 2 is 1.89 bits per heavy atom. The number of carbonyl (C=O) groups is 1. The zero-order valence-corrected chi connectivity index (χ0v) is 11.5. The normalized spacial score (nSPS) is 30.1. The van der Waals surface area contributed by atoms with E-state index in [1.54, 1.807) is 0 Å². The lowest BCUT2D eigenvalue weighted by atomic mass is 9.90. The molecule has 0 aromatic carbocycles. The van der Waals surface area contributed by atoms with Crippen LogP contribution in [0.25, 0.3) is 0 Å². The zero-order valence-electron chi connectivity index (χ0n) is 11.5. The third-order valence-electron chi connectivity index (χ3n) is 4.57. The van der Waals surface area contributed by atoms with Crippen LogP contribution < -0.4 is 0 Å². The fourth-order valence-electron chi connectivity index (χ4n) is 3.57. The molecular formula is C14H26N2O2. The molecule has 0 aliphatic carbocycles. The molecule has 0 aromatic rings. The first-order valence-electron chi connectivity index (χ1n) is 7.40. The minimum Gasteiger partial charge on any atom is -0.480 e. The van der Waals surface area contributed by atoms with Gasteiger partial charge in [0.1, 0.15) is 5.54 Å². The second kappa shape index (κ2) is 6.02. The Hall–Kier alpha value is -0.610. The molecule has 0 bridgehead atoms. The molecule has 0 spiro atoms. The summed E-state index contributed by atoms with van der Waals surface area (Å²) in [5, 5.41) is 9.60. The molecule has 2 fully saturated rings. The summed E-state index contributed by atoms with van der Waals surface area (Å²) in [5.74, 6) is -0.608. The largest absolute Gasteiger partial charge is 0.480 e. The molecule has 0 radical (unpaired) electrons. The van der Waals surface area contributed by atoms with E-state index in [1.165, 1.54) is 25.9 Å². The van der Waals surface area contributed by atoms with Gasteiger partial charge >= 0.3 is 5.97 Å². The number of carboxylic acids is 1. The van der Waals surface area contributed by atoms with E-state index in [-0.39, 0.29) is 0 Å². The fourth-order valence-corrected chi connectivity index (χ4v) is 3.57. The van der Waals surface area contributed by atoms with Gasteiger partial charge < -0.3 is 10.0 Å². The molecule has 0 aromatic heterocycles. The van der Waals surface area contributed by atoms with Gasteiger partial charge in [-0.2, -0.15) is 0 Å². The Labute approximate surface area is 110 Å². The first kappa shape index (κ1) is 13.8. The number of nitrogens with zero attached hydrogens (tertiary/aromatic N) is 2. The van der Waals surface area contributed by atoms with Gasteiger partial charge in [0.15, 0.2) is 0 Å². The Morgan fingerprint density at radius 3 is 2.50 bits per heavy atom. The van der Waals surface area contributed by atoms with Gasteiger partial charge in [-0.1, -0.05) is 13.3 Å². The smallest absolute Gasteiger partial charge is 0.324 e. The van der Waals surface area contributed by atoms with Crippen LogP contribution in [0, 0.1) is 0 Å². The minimum absolute atomic E-state index is 0.561. The van der Waals surface area contributed by atoms with Crippen LogP contribution in [0.5, 0.6) is 0 Å². The number of rotatable bonds is 6. The van der Waals surface area contributed by atoms with Gasteiger partial charge in [0, 0.05) is 13.1 Å². The summed E-state index contributed by atoms with van der Waals surface area (Å²) < 4.78 is 0. The second-order valence-electron chi connectivity index (χ2n) is 5.73. The van der Waals surface area contributed by atoms with E-state index >= 15 is 0 Å². The van der Waals surface area contributed by atoms with Crippen molar-refractivity contribution in [1.82, 2.24) is 9.80 Å². The van der Waals surface area contributed by atoms with Crippen molar-refractivity contribution in [3.8, 4) is 0 Å². The summed E-state index contributed by atoms with van der Waals surface area (Å²) in [5.41, 5.74) is -0.561. The predicted molar refractivity (Wildman–Crippen MR) is 71.8 cm³/mol. The maximum Gasteiger partial charge on any atom is 0.324 e. The van der Waals surface area contributed by atoms with Gasteiger partial charge in [-0.15, -0.1) is 0 Å². The van der Waals surface area contributed by atoms with Crippen molar-refractivity contribution < 1.29 is 9.90 Å². The highest BCUT2D eigenvalue weighted by Gasteiger charge is 2.46. The Kier molecular flexibility index (Phi) is 4.62. The van der Waals surface area contributed by atoms with Crippen LogP contribution in [-0.4, -0.2) is 59.1 Å². The van der Waals surface area contributed by atoms with Crippen LogP contribution in [-0.2, 0) is 4.79 Å². The number of aliphatic carboxylic acids is 1. The first-order valence-corrected chi connectivity index (χ1v) is 7.40. The van der Waals surface area contributed by atoms with Crippen molar-refractivity contribution in [2.24, 2.45) is 0 Å². The lowest BCUT2D eigenvalue weighted by molar-refractivity contribution is -0.150. The van der Waals surface area contributed by atoms with Crippen molar-refractivity contribution >= 4 is 5.97 Å². The van der Waals surface area contributed by atoms with E-state index in [0.717, 1.165) is 45.3 Å². The van der Waals surface area contributed by atoms with Gasteiger partial charge in [0.25, 0.3) is 0 Å². The van der Waals surface area contributed by atoms with Crippen LogP contribution in [0.3, 0.4) is 0 Å². The molecule has 4 nitrogen and oxygen atoms in total. The molecular weight excluding hydrogens is 228 g/mol. The third-order valence-corrected chi connectivity index (χ3v) is 4.57. The maximum absolute atomic E-state index is 11.7. The van der Waals surface area contributed by atoms with E-state index < -0.39 is 11.5 Å². The van der Waals surface area contributed by atoms with Crippen LogP contribution in [0.1, 0.15) is 45.4 Å². The number of hydrogen-bond donors (Lipinski definition) is 1. The highest BCUT2D eigenvalue weighted by Crippen LogP contribution is 2.33. The average molecular weight is 254 g/mol. The molecule has 104 valence electrons. The van der Waals surface area contributed by atoms with E-state index in [2.05, 4.69) is 16.7 Å². The van der Waals surface area contributed by atoms with Crippen LogP contribution in [0.4, 0.5) is 0 Å². The molecule has 1 unspecified atom stereocenters. The van der Waals surface area contributed by atoms with Gasteiger partial charge in [-0.05, 0) is 51.7 Å². The summed E-state index contributed by atoms with van der Waals surface area (Å²) in [7, 11) is 0. The summed E-state index contributed by atoms with van der Waals surface area (Å²) in [6.45, 7) is 7.40. The van der Waals surface area contributed by atoms with E-state index in [9.17, 15) is 9.90 Å². The molecule has 0 amide bonds.